The predicted octanol–water partition coefficient (Wildman–Crippen LogP) is 12.4. The maximum Gasteiger partial charge on any atom is 0.410 e. The number of fused-ring (bicyclic) bond motifs is 2. The van der Waals surface area contributed by atoms with Crippen molar-refractivity contribution >= 4 is 43.0 Å². The SMILES string of the molecule is CC[C@H](O[Si](CC)(CC)CC)[C@@H](C)[C@H]1O[C@@H]1CC(C)(/C=C/C=C(\C)C1OC(=O)CC(O[Si](CC)(CC)CC)CCC(C)(OC(C)=O)C(OC(=O)N2CC3CC2CN3)C=CC1C)O[Si](CC)(CC)CC. The van der Waals surface area contributed by atoms with E-state index >= 15 is 0 Å². The lowest BCUT2D eigenvalue weighted by Crippen LogP contribution is -2.51. The number of cyclic esters (lactones) is 1. The summed E-state index contributed by atoms with van der Waals surface area (Å²) >= 11 is 0. The molecule has 69 heavy (non-hydrogen) atoms. The molecular weight excluding hydrogens is 921 g/mol. The van der Waals surface area contributed by atoms with Crippen molar-refractivity contribution in [2.45, 2.75) is 264 Å². The Labute approximate surface area is 422 Å². The van der Waals surface area contributed by atoms with Crippen LogP contribution in [0.25, 0.3) is 0 Å². The Hall–Kier alpha value is -2.12. The second-order valence-electron chi connectivity index (χ2n) is 21.7. The molecule has 0 aliphatic carbocycles. The molecule has 396 valence electrons. The summed E-state index contributed by atoms with van der Waals surface area (Å²) in [4.78, 5) is 42.9. The van der Waals surface area contributed by atoms with Gasteiger partial charge in [-0.15, -0.1) is 0 Å². The fraction of sp³-hybridized carbons (Fsp3) is 0.833. The van der Waals surface area contributed by atoms with Gasteiger partial charge in [-0.1, -0.05) is 107 Å². The number of nitrogens with one attached hydrogen (secondary N) is 1. The van der Waals surface area contributed by atoms with Gasteiger partial charge in [-0.2, -0.15) is 0 Å². The quantitative estimate of drug-likeness (QED) is 0.0234. The summed E-state index contributed by atoms with van der Waals surface area (Å²) in [6.07, 6.45) is 11.4. The first-order chi connectivity index (χ1) is 32.6. The Kier molecular flexibility index (Phi) is 22.6. The van der Waals surface area contributed by atoms with Crippen LogP contribution in [0, 0.1) is 11.8 Å². The van der Waals surface area contributed by atoms with Crippen LogP contribution < -0.4 is 5.32 Å². The van der Waals surface area contributed by atoms with E-state index < -0.39 is 66.5 Å². The average molecular weight is 1020 g/mol. The third-order valence-corrected chi connectivity index (χ3v) is 31.4. The van der Waals surface area contributed by atoms with Crippen molar-refractivity contribution in [3.05, 3.63) is 36.0 Å². The van der Waals surface area contributed by atoms with E-state index in [-0.39, 0.29) is 54.6 Å². The summed E-state index contributed by atoms with van der Waals surface area (Å²) in [5, 5.41) is 3.46. The molecule has 12 atom stereocenters. The summed E-state index contributed by atoms with van der Waals surface area (Å²) in [6, 6.07) is 9.53. The molecule has 3 fully saturated rings. The lowest BCUT2D eigenvalue weighted by molar-refractivity contribution is -0.168. The molecule has 8 unspecified atom stereocenters. The lowest BCUT2D eigenvalue weighted by Gasteiger charge is -2.39. The second-order valence-corrected chi connectivity index (χ2v) is 35.8. The monoisotopic (exact) mass is 1020 g/mol. The maximum absolute atomic E-state index is 14.2. The van der Waals surface area contributed by atoms with E-state index in [1.165, 1.54) is 6.92 Å². The molecule has 4 aliphatic rings. The van der Waals surface area contributed by atoms with Crippen molar-refractivity contribution in [1.29, 1.82) is 0 Å². The summed E-state index contributed by atoms with van der Waals surface area (Å²) in [5.41, 5.74) is -0.949. The van der Waals surface area contributed by atoms with Crippen LogP contribution in [0.5, 0.6) is 0 Å². The minimum atomic E-state index is -2.20. The molecule has 1 amide bonds. The van der Waals surface area contributed by atoms with E-state index in [0.717, 1.165) is 85.8 Å². The summed E-state index contributed by atoms with van der Waals surface area (Å²) in [7, 11) is -6.06. The van der Waals surface area contributed by atoms with Gasteiger partial charge >= 0.3 is 18.0 Å². The van der Waals surface area contributed by atoms with Gasteiger partial charge in [0.2, 0.25) is 0 Å². The van der Waals surface area contributed by atoms with Crippen LogP contribution in [-0.2, 0) is 41.8 Å². The number of piperazine rings is 1. The van der Waals surface area contributed by atoms with Crippen LogP contribution in [0.4, 0.5) is 4.79 Å². The second kappa shape index (κ2) is 26.2. The predicted molar refractivity (Wildman–Crippen MR) is 286 cm³/mol. The number of hydrogen-bond donors (Lipinski definition) is 1. The molecule has 4 aliphatic heterocycles. The van der Waals surface area contributed by atoms with E-state index in [1.54, 1.807) is 4.90 Å². The number of likely N-dealkylation sites (tertiary alicyclic amines) is 1. The van der Waals surface area contributed by atoms with E-state index in [0.29, 0.717) is 19.4 Å². The van der Waals surface area contributed by atoms with Gasteiger partial charge in [0, 0.05) is 56.5 Å². The van der Waals surface area contributed by atoms with Crippen molar-refractivity contribution in [1.82, 2.24) is 10.2 Å². The molecule has 15 heteroatoms. The molecule has 1 N–H and O–H groups in total. The molecule has 3 saturated heterocycles. The summed E-state index contributed by atoms with van der Waals surface area (Å²) in [6.45, 7) is 35.5. The van der Waals surface area contributed by atoms with Gasteiger partial charge in [0.15, 0.2) is 31.1 Å². The third kappa shape index (κ3) is 15.5. The highest BCUT2D eigenvalue weighted by Gasteiger charge is 2.51. The number of epoxide rings is 1. The van der Waals surface area contributed by atoms with Crippen molar-refractivity contribution in [3.63, 3.8) is 0 Å². The minimum absolute atomic E-state index is 0.0579. The number of carbonyl (C=O) groups is 3. The van der Waals surface area contributed by atoms with Gasteiger partial charge < -0.3 is 42.4 Å². The highest BCUT2D eigenvalue weighted by Crippen LogP contribution is 2.43. The first-order valence-corrected chi connectivity index (χ1v) is 35.1. The van der Waals surface area contributed by atoms with Crippen LogP contribution in [0.15, 0.2) is 36.0 Å². The van der Waals surface area contributed by atoms with E-state index in [2.05, 4.69) is 107 Å². The summed E-state index contributed by atoms with van der Waals surface area (Å²) in [5.74, 6) is -0.861. The molecule has 0 radical (unpaired) electrons. The average Bonchev–Trinajstić information content (AvgIpc) is 3.72. The topological polar surface area (TPSA) is 134 Å². The Morgan fingerprint density at radius 2 is 1.54 bits per heavy atom. The van der Waals surface area contributed by atoms with Crippen molar-refractivity contribution < 1.29 is 46.6 Å². The van der Waals surface area contributed by atoms with E-state index in [1.807, 2.05) is 32.9 Å². The van der Waals surface area contributed by atoms with Crippen LogP contribution in [0.1, 0.15) is 149 Å². The standard InChI is InChI=1S/C54H98N2O10Si3/c1-17-46(65-68(21-5,22-6)23-7)41(13)51-47(60-51)36-53(15,66-69(24-8,25-9)26-10)32-27-28-39(11)50-40(12)29-30-48(61-52(59)56-38-43-34-44(56)37-55-43)54(16,63-42(14)57)33-31-45(35-49(58)62-50)64-67(18-2,19-3)20-4/h27-30,32,40-41,43-48,50-51,55H,17-26,31,33-38H2,1-16H3/b30-29?,32-27+,39-28+/t40?,41-,43?,44?,45?,46+,47-,48?,50?,51-,53?,54?/m1/s1. The molecule has 0 aromatic rings. The minimum Gasteiger partial charge on any atom is -0.457 e. The normalized spacial score (nSPS) is 30.1. The molecule has 12 nitrogen and oxygen atoms in total. The Bertz CT molecular complexity index is 1730. The van der Waals surface area contributed by atoms with E-state index in [9.17, 15) is 14.4 Å². The molecule has 0 saturated carbocycles. The van der Waals surface area contributed by atoms with Gasteiger partial charge in [0.25, 0.3) is 0 Å². The Morgan fingerprint density at radius 1 is 0.928 bits per heavy atom. The van der Waals surface area contributed by atoms with Crippen molar-refractivity contribution in [2.75, 3.05) is 13.1 Å². The van der Waals surface area contributed by atoms with E-state index in [4.69, 9.17) is 32.2 Å². The zero-order valence-corrected chi connectivity index (χ0v) is 49.2. The number of amides is 1. The number of hydrogen-bond acceptors (Lipinski definition) is 11. The van der Waals surface area contributed by atoms with Gasteiger partial charge in [-0.3, -0.25) is 9.59 Å². The fourth-order valence-corrected chi connectivity index (χ4v) is 20.7. The first-order valence-electron chi connectivity index (χ1n) is 27.5. The number of carbonyl (C=O) groups excluding carboxylic acids is 3. The zero-order valence-electron chi connectivity index (χ0n) is 46.2. The molecule has 0 spiro atoms. The summed E-state index contributed by atoms with van der Waals surface area (Å²) < 4.78 is 47.1. The fourth-order valence-electron chi connectivity index (χ4n) is 11.7. The Balaban J connectivity index is 1.71. The molecule has 0 aromatic carbocycles. The van der Waals surface area contributed by atoms with Crippen molar-refractivity contribution in [2.24, 2.45) is 11.8 Å². The molecule has 2 bridgehead atoms. The van der Waals surface area contributed by atoms with Gasteiger partial charge in [-0.05, 0) is 113 Å². The van der Waals surface area contributed by atoms with Crippen LogP contribution >= 0.6 is 0 Å². The first kappa shape index (κ1) is 59.4. The third-order valence-electron chi connectivity index (χ3n) is 17.2. The lowest BCUT2D eigenvalue weighted by atomic mass is 9.88. The van der Waals surface area contributed by atoms with Gasteiger partial charge in [0.1, 0.15) is 11.7 Å². The van der Waals surface area contributed by atoms with Gasteiger partial charge in [-0.25, -0.2) is 4.79 Å². The highest BCUT2D eigenvalue weighted by atomic mass is 28.4. The molecule has 0 aromatic heterocycles. The molecular formula is C54H98N2O10Si3. The van der Waals surface area contributed by atoms with Crippen LogP contribution in [0.3, 0.4) is 0 Å². The number of nitrogens with zero attached hydrogens (tertiary/aromatic N) is 1. The number of ether oxygens (including phenoxy) is 4. The zero-order chi connectivity index (χ0) is 51.4. The number of rotatable bonds is 25. The molecule has 4 rings (SSSR count). The van der Waals surface area contributed by atoms with Gasteiger partial charge in [0.05, 0.1) is 30.3 Å². The maximum atomic E-state index is 14.2. The van der Waals surface area contributed by atoms with Crippen LogP contribution in [-0.4, -0.2) is 121 Å². The van der Waals surface area contributed by atoms with Crippen molar-refractivity contribution in [3.8, 4) is 0 Å². The number of esters is 2. The van der Waals surface area contributed by atoms with Crippen LogP contribution in [0.2, 0.25) is 54.4 Å². The highest BCUT2D eigenvalue weighted by molar-refractivity contribution is 6.74. The Morgan fingerprint density at radius 3 is 2.06 bits per heavy atom. The smallest absolute Gasteiger partial charge is 0.410 e. The largest absolute Gasteiger partial charge is 0.457 e. The molecule has 4 heterocycles. The number of allylic oxidation sites excluding steroid dienone is 2.